The zero-order chi connectivity index (χ0) is 13.8. The molecule has 0 aliphatic rings. The molecule has 6 heteroatoms. The summed E-state index contributed by atoms with van der Waals surface area (Å²) in [6.45, 7) is -0.154. The van der Waals surface area contributed by atoms with Crippen molar-refractivity contribution in [2.75, 3.05) is 6.61 Å². The van der Waals surface area contributed by atoms with E-state index in [-0.39, 0.29) is 18.1 Å². The molecule has 1 aromatic heterocycles. The van der Waals surface area contributed by atoms with Gasteiger partial charge in [-0.15, -0.1) is 0 Å². The first-order valence-electron chi connectivity index (χ1n) is 5.59. The summed E-state index contributed by atoms with van der Waals surface area (Å²) < 4.78 is 6.96. The van der Waals surface area contributed by atoms with E-state index in [4.69, 9.17) is 4.74 Å². The lowest BCUT2D eigenvalue weighted by atomic mass is 10.3. The van der Waals surface area contributed by atoms with Gasteiger partial charge < -0.3 is 9.30 Å². The summed E-state index contributed by atoms with van der Waals surface area (Å²) in [6.07, 6.45) is 1.76. The average Bonchev–Trinajstić information content (AvgIpc) is 2.82. The first-order chi connectivity index (χ1) is 9.08. The molecule has 19 heavy (non-hydrogen) atoms. The molecule has 2 rings (SSSR count). The Labute approximate surface area is 109 Å². The Balaban J connectivity index is 2.03. The highest BCUT2D eigenvalue weighted by Crippen LogP contribution is 2.19. The second-order valence-electron chi connectivity index (χ2n) is 3.97. The van der Waals surface area contributed by atoms with Gasteiger partial charge in [-0.3, -0.25) is 14.9 Å². The number of rotatable bonds is 5. The van der Waals surface area contributed by atoms with E-state index in [1.165, 1.54) is 18.2 Å². The van der Waals surface area contributed by atoms with Gasteiger partial charge in [-0.1, -0.05) is 6.07 Å². The Morgan fingerprint density at radius 3 is 2.79 bits per heavy atom. The van der Waals surface area contributed by atoms with Gasteiger partial charge in [0.05, 0.1) is 16.7 Å². The third-order valence-electron chi connectivity index (χ3n) is 2.63. The first-order valence-corrected chi connectivity index (χ1v) is 5.59. The molecule has 0 aliphatic carbocycles. The number of ketones is 1. The summed E-state index contributed by atoms with van der Waals surface area (Å²) in [4.78, 5) is 21.9. The Morgan fingerprint density at radius 1 is 1.37 bits per heavy atom. The van der Waals surface area contributed by atoms with E-state index in [9.17, 15) is 14.9 Å². The molecule has 2 aromatic rings. The fourth-order valence-electron chi connectivity index (χ4n) is 1.66. The average molecular weight is 260 g/mol. The smallest absolute Gasteiger partial charge is 0.273 e. The maximum atomic E-state index is 11.8. The molecule has 0 atom stereocenters. The Bertz CT molecular complexity index is 619. The van der Waals surface area contributed by atoms with Crippen molar-refractivity contribution in [3.8, 4) is 5.75 Å². The van der Waals surface area contributed by atoms with Crippen molar-refractivity contribution in [1.82, 2.24) is 4.57 Å². The number of nitrogens with zero attached hydrogens (tertiary/aromatic N) is 2. The summed E-state index contributed by atoms with van der Waals surface area (Å²) in [5, 5.41) is 10.6. The predicted molar refractivity (Wildman–Crippen MR) is 68.3 cm³/mol. The molecule has 0 saturated heterocycles. The van der Waals surface area contributed by atoms with Crippen molar-refractivity contribution < 1.29 is 14.5 Å². The third-order valence-corrected chi connectivity index (χ3v) is 2.63. The van der Waals surface area contributed by atoms with E-state index in [1.54, 1.807) is 36.0 Å². The summed E-state index contributed by atoms with van der Waals surface area (Å²) >= 11 is 0. The van der Waals surface area contributed by atoms with Crippen molar-refractivity contribution in [3.63, 3.8) is 0 Å². The highest BCUT2D eigenvalue weighted by atomic mass is 16.6. The highest BCUT2D eigenvalue weighted by Gasteiger charge is 2.11. The summed E-state index contributed by atoms with van der Waals surface area (Å²) in [5.74, 6) is 0.121. The second-order valence-corrected chi connectivity index (χ2v) is 3.97. The topological polar surface area (TPSA) is 74.4 Å². The number of carbonyl (C=O) groups is 1. The van der Waals surface area contributed by atoms with Gasteiger partial charge in [-0.25, -0.2) is 0 Å². The number of aromatic nitrogens is 1. The zero-order valence-corrected chi connectivity index (χ0v) is 10.3. The van der Waals surface area contributed by atoms with Gasteiger partial charge in [-0.05, 0) is 18.2 Å². The number of hydrogen-bond donors (Lipinski definition) is 0. The number of benzene rings is 1. The molecule has 0 unspecified atom stereocenters. The number of ether oxygens (including phenoxy) is 1. The normalized spacial score (nSPS) is 10.2. The monoisotopic (exact) mass is 260 g/mol. The van der Waals surface area contributed by atoms with Gasteiger partial charge in [0.15, 0.2) is 6.61 Å². The van der Waals surface area contributed by atoms with Crippen molar-refractivity contribution in [2.45, 2.75) is 0 Å². The fraction of sp³-hybridized carbons (Fsp3) is 0.154. The van der Waals surface area contributed by atoms with Gasteiger partial charge in [0, 0.05) is 19.3 Å². The Morgan fingerprint density at radius 2 is 2.16 bits per heavy atom. The molecule has 0 amide bonds. The molecule has 1 heterocycles. The molecule has 1 aromatic carbocycles. The maximum absolute atomic E-state index is 11.8. The van der Waals surface area contributed by atoms with Crippen LogP contribution in [-0.4, -0.2) is 21.9 Å². The van der Waals surface area contributed by atoms with Crippen molar-refractivity contribution in [1.29, 1.82) is 0 Å². The third kappa shape index (κ3) is 2.98. The molecule has 0 spiro atoms. The van der Waals surface area contributed by atoms with E-state index in [2.05, 4.69) is 0 Å². The summed E-state index contributed by atoms with van der Waals surface area (Å²) in [7, 11) is 1.76. The Kier molecular flexibility index (Phi) is 3.61. The van der Waals surface area contributed by atoms with Gasteiger partial charge in [-0.2, -0.15) is 0 Å². The number of carbonyl (C=O) groups excluding carboxylic acids is 1. The van der Waals surface area contributed by atoms with Gasteiger partial charge in [0.2, 0.25) is 5.78 Å². The van der Waals surface area contributed by atoms with Crippen LogP contribution in [0, 0.1) is 10.1 Å². The van der Waals surface area contributed by atoms with Crippen LogP contribution in [-0.2, 0) is 7.05 Å². The molecule has 0 fully saturated rings. The van der Waals surface area contributed by atoms with Crippen LogP contribution in [0.4, 0.5) is 5.69 Å². The number of Topliss-reactive ketones (excluding diaryl/α,β-unsaturated/α-hetero) is 1. The lowest BCUT2D eigenvalue weighted by molar-refractivity contribution is -0.384. The minimum Gasteiger partial charge on any atom is -0.485 e. The molecule has 0 radical (unpaired) electrons. The number of nitro benzene ring substituents is 1. The maximum Gasteiger partial charge on any atom is 0.273 e. The van der Waals surface area contributed by atoms with Crippen molar-refractivity contribution in [2.24, 2.45) is 7.05 Å². The predicted octanol–water partition coefficient (Wildman–Crippen LogP) is 2.20. The lowest BCUT2D eigenvalue weighted by Crippen LogP contribution is -2.14. The van der Waals surface area contributed by atoms with Crippen molar-refractivity contribution >= 4 is 11.5 Å². The van der Waals surface area contributed by atoms with Crippen LogP contribution in [0.3, 0.4) is 0 Å². The number of nitro groups is 1. The molecule has 6 nitrogen and oxygen atoms in total. The van der Waals surface area contributed by atoms with Crippen LogP contribution >= 0.6 is 0 Å². The van der Waals surface area contributed by atoms with Crippen LogP contribution in [0.25, 0.3) is 0 Å². The number of hydrogen-bond acceptors (Lipinski definition) is 4. The van der Waals surface area contributed by atoms with Crippen molar-refractivity contribution in [3.05, 3.63) is 58.4 Å². The van der Waals surface area contributed by atoms with Gasteiger partial charge in [0.1, 0.15) is 5.75 Å². The molecule has 0 bridgehead atoms. The minimum atomic E-state index is -0.508. The second kappa shape index (κ2) is 5.34. The molecule has 0 aliphatic heterocycles. The van der Waals surface area contributed by atoms with Crippen LogP contribution in [0.5, 0.6) is 5.75 Å². The first kappa shape index (κ1) is 12.8. The number of non-ortho nitro benzene ring substituents is 1. The minimum absolute atomic E-state index is 0.0659. The molecular formula is C13H12N2O4. The highest BCUT2D eigenvalue weighted by molar-refractivity contribution is 5.95. The molecule has 98 valence electrons. The zero-order valence-electron chi connectivity index (χ0n) is 10.3. The SMILES string of the molecule is Cn1cccc1C(=O)COc1cccc([N+](=O)[O-])c1. The Hall–Kier alpha value is -2.63. The van der Waals surface area contributed by atoms with Gasteiger partial charge in [0.25, 0.3) is 5.69 Å². The van der Waals surface area contributed by atoms with E-state index >= 15 is 0 Å². The number of aryl methyl sites for hydroxylation is 1. The van der Waals surface area contributed by atoms with E-state index in [0.717, 1.165) is 0 Å². The molecular weight excluding hydrogens is 248 g/mol. The lowest BCUT2D eigenvalue weighted by Gasteiger charge is -2.06. The standard InChI is InChI=1S/C13H12N2O4/c1-14-7-3-6-12(14)13(16)9-19-11-5-2-4-10(8-11)15(17)18/h2-8H,9H2,1H3. The quantitative estimate of drug-likeness (QED) is 0.469. The summed E-state index contributed by atoms with van der Waals surface area (Å²) in [6, 6.07) is 9.20. The largest absolute Gasteiger partial charge is 0.485 e. The van der Waals surface area contributed by atoms with Crippen LogP contribution in [0.1, 0.15) is 10.5 Å². The van der Waals surface area contributed by atoms with E-state index in [0.29, 0.717) is 11.4 Å². The summed E-state index contributed by atoms with van der Waals surface area (Å²) in [5.41, 5.74) is 0.467. The van der Waals surface area contributed by atoms with Crippen LogP contribution < -0.4 is 4.74 Å². The van der Waals surface area contributed by atoms with E-state index in [1.807, 2.05) is 0 Å². The van der Waals surface area contributed by atoms with Gasteiger partial charge >= 0.3 is 0 Å². The van der Waals surface area contributed by atoms with E-state index < -0.39 is 4.92 Å². The molecule has 0 saturated carbocycles. The molecule has 0 N–H and O–H groups in total. The fourth-order valence-corrected chi connectivity index (χ4v) is 1.66. The van der Waals surface area contributed by atoms with Crippen LogP contribution in [0.2, 0.25) is 0 Å². The van der Waals surface area contributed by atoms with Crippen LogP contribution in [0.15, 0.2) is 42.6 Å².